The lowest BCUT2D eigenvalue weighted by Gasteiger charge is -2.06. The number of carbonyl (C=O) groups excluding carboxylic acids is 1. The van der Waals surface area contributed by atoms with Gasteiger partial charge in [-0.05, 0) is 45.0 Å². The third kappa shape index (κ3) is 2.72. The Morgan fingerprint density at radius 1 is 1.20 bits per heavy atom. The Morgan fingerprint density at radius 2 is 1.80 bits per heavy atom. The Kier molecular flexibility index (Phi) is 3.63. The molecule has 0 unspecified atom stereocenters. The van der Waals surface area contributed by atoms with Crippen LogP contribution in [0.2, 0.25) is 0 Å². The van der Waals surface area contributed by atoms with Crippen molar-refractivity contribution < 1.29 is 21.9 Å². The van der Waals surface area contributed by atoms with Gasteiger partial charge >= 0.3 is 10.1 Å². The van der Waals surface area contributed by atoms with Crippen molar-refractivity contribution in [2.45, 2.75) is 25.7 Å². The SMILES string of the molecule is CC(=O)c1ccc(OS(=O)(=O)c2c(C)noc2C)cc1. The summed E-state index contributed by atoms with van der Waals surface area (Å²) in [5.74, 6) is 0.183. The topological polar surface area (TPSA) is 86.5 Å². The third-order valence-electron chi connectivity index (χ3n) is 2.68. The van der Waals surface area contributed by atoms with Gasteiger partial charge in [-0.15, -0.1) is 0 Å². The van der Waals surface area contributed by atoms with Crippen LogP contribution in [0.15, 0.2) is 33.7 Å². The highest BCUT2D eigenvalue weighted by molar-refractivity contribution is 7.87. The lowest BCUT2D eigenvalue weighted by Crippen LogP contribution is -2.11. The van der Waals surface area contributed by atoms with Crippen LogP contribution in [-0.4, -0.2) is 19.4 Å². The van der Waals surface area contributed by atoms with Gasteiger partial charge in [0.25, 0.3) is 0 Å². The fourth-order valence-corrected chi connectivity index (χ4v) is 2.98. The van der Waals surface area contributed by atoms with Crippen LogP contribution < -0.4 is 4.18 Å². The highest BCUT2D eigenvalue weighted by Gasteiger charge is 2.26. The van der Waals surface area contributed by atoms with Gasteiger partial charge in [-0.25, -0.2) is 0 Å². The molecule has 0 amide bonds. The first-order valence-electron chi connectivity index (χ1n) is 5.79. The van der Waals surface area contributed by atoms with E-state index >= 15 is 0 Å². The predicted molar refractivity (Wildman–Crippen MR) is 70.2 cm³/mol. The molecule has 1 aromatic heterocycles. The molecule has 1 heterocycles. The standard InChI is InChI=1S/C13H13NO5S/c1-8-13(10(3)18-14-8)20(16,17)19-12-6-4-11(5-7-12)9(2)15/h4-7H,1-3H3. The van der Waals surface area contributed by atoms with Crippen molar-refractivity contribution in [3.8, 4) is 5.75 Å². The average molecular weight is 295 g/mol. The maximum atomic E-state index is 12.1. The molecular weight excluding hydrogens is 282 g/mol. The van der Waals surface area contributed by atoms with Gasteiger partial charge in [-0.3, -0.25) is 4.79 Å². The first-order valence-corrected chi connectivity index (χ1v) is 7.20. The molecule has 0 radical (unpaired) electrons. The Bertz CT molecular complexity index is 724. The molecule has 2 rings (SSSR count). The van der Waals surface area contributed by atoms with Crippen molar-refractivity contribution in [1.82, 2.24) is 5.16 Å². The number of aromatic nitrogens is 1. The lowest BCUT2D eigenvalue weighted by atomic mass is 10.1. The smallest absolute Gasteiger partial charge is 0.344 e. The number of hydrogen-bond donors (Lipinski definition) is 0. The predicted octanol–water partition coefficient (Wildman–Crippen LogP) is 2.26. The van der Waals surface area contributed by atoms with Gasteiger partial charge in [-0.1, -0.05) is 5.16 Å². The molecule has 7 heteroatoms. The minimum Gasteiger partial charge on any atom is -0.379 e. The van der Waals surface area contributed by atoms with E-state index in [1.54, 1.807) is 0 Å². The molecule has 0 aliphatic carbocycles. The first kappa shape index (κ1) is 14.3. The van der Waals surface area contributed by atoms with E-state index in [-0.39, 0.29) is 27.9 Å². The molecule has 1 aromatic carbocycles. The second-order valence-electron chi connectivity index (χ2n) is 4.27. The number of benzene rings is 1. The number of ketones is 1. The van der Waals surface area contributed by atoms with Crippen molar-refractivity contribution in [2.24, 2.45) is 0 Å². The fourth-order valence-electron chi connectivity index (χ4n) is 1.75. The van der Waals surface area contributed by atoms with Crippen LogP contribution in [0.25, 0.3) is 0 Å². The molecule has 0 bridgehead atoms. The Balaban J connectivity index is 2.31. The summed E-state index contributed by atoms with van der Waals surface area (Å²) >= 11 is 0. The third-order valence-corrected chi connectivity index (χ3v) is 4.18. The van der Waals surface area contributed by atoms with E-state index in [1.165, 1.54) is 45.0 Å². The summed E-state index contributed by atoms with van der Waals surface area (Å²) in [4.78, 5) is 11.1. The Hall–Kier alpha value is -2.15. The molecule has 2 aromatic rings. The van der Waals surface area contributed by atoms with Crippen LogP contribution in [0.4, 0.5) is 0 Å². The number of carbonyl (C=O) groups is 1. The summed E-state index contributed by atoms with van der Waals surface area (Å²) in [6.07, 6.45) is 0. The molecule has 0 saturated heterocycles. The van der Waals surface area contributed by atoms with Crippen molar-refractivity contribution in [2.75, 3.05) is 0 Å². The quantitative estimate of drug-likeness (QED) is 0.635. The number of Topliss-reactive ketones (excluding diaryl/α,β-unsaturated/α-hetero) is 1. The maximum Gasteiger partial charge on any atom is 0.344 e. The number of hydrogen-bond acceptors (Lipinski definition) is 6. The summed E-state index contributed by atoms with van der Waals surface area (Å²) < 4.78 is 34.1. The summed E-state index contributed by atoms with van der Waals surface area (Å²) in [7, 11) is -4.01. The summed E-state index contributed by atoms with van der Waals surface area (Å²) in [6, 6.07) is 5.85. The molecule has 0 aliphatic heterocycles. The van der Waals surface area contributed by atoms with E-state index in [0.717, 1.165) is 0 Å². The normalized spacial score (nSPS) is 11.3. The van der Waals surface area contributed by atoms with E-state index < -0.39 is 10.1 Å². The molecule has 0 atom stereocenters. The van der Waals surface area contributed by atoms with Gasteiger partial charge < -0.3 is 8.71 Å². The average Bonchev–Trinajstić information content (AvgIpc) is 2.69. The molecule has 0 spiro atoms. The molecule has 0 aliphatic rings. The van der Waals surface area contributed by atoms with Crippen LogP contribution in [0.3, 0.4) is 0 Å². The van der Waals surface area contributed by atoms with Gasteiger partial charge in [0.15, 0.2) is 16.4 Å². The van der Waals surface area contributed by atoms with Crippen LogP contribution in [0.1, 0.15) is 28.7 Å². The van der Waals surface area contributed by atoms with Crippen LogP contribution in [0, 0.1) is 13.8 Å². The molecule has 6 nitrogen and oxygen atoms in total. The molecule has 0 saturated carbocycles. The van der Waals surface area contributed by atoms with Crippen LogP contribution >= 0.6 is 0 Å². The van der Waals surface area contributed by atoms with Crippen molar-refractivity contribution >= 4 is 15.9 Å². The van der Waals surface area contributed by atoms with Gasteiger partial charge in [0.2, 0.25) is 0 Å². The van der Waals surface area contributed by atoms with Crippen molar-refractivity contribution in [3.05, 3.63) is 41.3 Å². The fraction of sp³-hybridized carbons (Fsp3) is 0.231. The minimum atomic E-state index is -4.01. The monoisotopic (exact) mass is 295 g/mol. The van der Waals surface area contributed by atoms with Gasteiger partial charge in [0.05, 0.1) is 0 Å². The minimum absolute atomic E-state index is 0.0758. The summed E-state index contributed by atoms with van der Waals surface area (Å²) in [5.41, 5.74) is 0.718. The lowest BCUT2D eigenvalue weighted by molar-refractivity contribution is 0.101. The highest BCUT2D eigenvalue weighted by Crippen LogP contribution is 2.24. The zero-order valence-corrected chi connectivity index (χ0v) is 12.0. The van der Waals surface area contributed by atoms with E-state index in [0.29, 0.717) is 5.56 Å². The van der Waals surface area contributed by atoms with Crippen molar-refractivity contribution in [1.29, 1.82) is 0 Å². The summed E-state index contributed by atoms with van der Waals surface area (Å²) in [6.45, 7) is 4.44. The first-order chi connectivity index (χ1) is 9.31. The number of rotatable bonds is 4. The highest BCUT2D eigenvalue weighted by atomic mass is 32.2. The van der Waals surface area contributed by atoms with Crippen LogP contribution in [0.5, 0.6) is 5.75 Å². The van der Waals surface area contributed by atoms with Crippen LogP contribution in [-0.2, 0) is 10.1 Å². The van der Waals surface area contributed by atoms with Gasteiger partial charge in [0.1, 0.15) is 11.4 Å². The van der Waals surface area contributed by atoms with E-state index in [1.807, 2.05) is 0 Å². The number of nitrogens with zero attached hydrogens (tertiary/aromatic N) is 1. The zero-order valence-electron chi connectivity index (χ0n) is 11.2. The molecule has 0 N–H and O–H groups in total. The van der Waals surface area contributed by atoms with Crippen molar-refractivity contribution in [3.63, 3.8) is 0 Å². The molecular formula is C13H13NO5S. The number of aryl methyl sites for hydroxylation is 2. The summed E-state index contributed by atoms with van der Waals surface area (Å²) in [5, 5.41) is 3.58. The second-order valence-corrected chi connectivity index (χ2v) is 5.75. The van der Waals surface area contributed by atoms with Gasteiger partial charge in [0, 0.05) is 5.56 Å². The second kappa shape index (κ2) is 5.09. The Labute approximate surface area is 116 Å². The molecule has 20 heavy (non-hydrogen) atoms. The van der Waals surface area contributed by atoms with E-state index in [9.17, 15) is 13.2 Å². The van der Waals surface area contributed by atoms with E-state index in [4.69, 9.17) is 8.71 Å². The maximum absolute atomic E-state index is 12.1. The Morgan fingerprint density at radius 3 is 2.25 bits per heavy atom. The van der Waals surface area contributed by atoms with E-state index in [2.05, 4.69) is 5.16 Å². The molecule has 0 fully saturated rings. The molecule has 106 valence electrons. The van der Waals surface area contributed by atoms with Gasteiger partial charge in [-0.2, -0.15) is 8.42 Å². The zero-order chi connectivity index (χ0) is 14.9. The largest absolute Gasteiger partial charge is 0.379 e.